The Morgan fingerprint density at radius 1 is 1.04 bits per heavy atom. The molecular formula is C20H37NO6. The fourth-order valence-electron chi connectivity index (χ4n) is 2.79. The largest absolute Gasteiger partial charge is 0.481 e. The molecule has 3 atom stereocenters. The Labute approximate surface area is 163 Å². The number of ether oxygens (including phenoxy) is 2. The van der Waals surface area contributed by atoms with Crippen molar-refractivity contribution in [3.8, 4) is 0 Å². The number of amides is 1. The van der Waals surface area contributed by atoms with Crippen LogP contribution in [0.3, 0.4) is 0 Å². The second kappa shape index (κ2) is 13.4. The molecule has 0 aliphatic rings. The van der Waals surface area contributed by atoms with E-state index in [1.807, 2.05) is 0 Å². The highest BCUT2D eigenvalue weighted by Gasteiger charge is 2.25. The van der Waals surface area contributed by atoms with Crippen molar-refractivity contribution in [3.63, 3.8) is 0 Å². The van der Waals surface area contributed by atoms with E-state index in [-0.39, 0.29) is 12.5 Å². The monoisotopic (exact) mass is 387 g/mol. The number of aliphatic carboxylic acids is 1. The zero-order chi connectivity index (χ0) is 21.0. The van der Waals surface area contributed by atoms with Crippen molar-refractivity contribution in [2.24, 2.45) is 23.7 Å². The van der Waals surface area contributed by atoms with Crippen molar-refractivity contribution < 1.29 is 29.0 Å². The van der Waals surface area contributed by atoms with E-state index < -0.39 is 30.2 Å². The lowest BCUT2D eigenvalue weighted by Crippen LogP contribution is -2.38. The van der Waals surface area contributed by atoms with Crippen molar-refractivity contribution >= 4 is 18.0 Å². The van der Waals surface area contributed by atoms with Crippen LogP contribution in [-0.2, 0) is 19.1 Å². The van der Waals surface area contributed by atoms with Crippen LogP contribution in [0.5, 0.6) is 0 Å². The van der Waals surface area contributed by atoms with E-state index in [4.69, 9.17) is 9.47 Å². The molecule has 0 saturated carbocycles. The first-order chi connectivity index (χ1) is 12.6. The summed E-state index contributed by atoms with van der Waals surface area (Å²) in [5.74, 6) is -1.41. The number of carbonyl (C=O) groups excluding carboxylic acids is 2. The molecular weight excluding hydrogens is 350 g/mol. The van der Waals surface area contributed by atoms with Crippen molar-refractivity contribution in [3.05, 3.63) is 0 Å². The number of hydrogen-bond donors (Lipinski definition) is 2. The van der Waals surface area contributed by atoms with Gasteiger partial charge in [0, 0.05) is 19.4 Å². The number of rotatable bonds is 13. The van der Waals surface area contributed by atoms with Crippen LogP contribution in [0, 0.1) is 23.7 Å². The van der Waals surface area contributed by atoms with Gasteiger partial charge in [-0.3, -0.25) is 9.59 Å². The van der Waals surface area contributed by atoms with Gasteiger partial charge in [-0.1, -0.05) is 60.3 Å². The highest BCUT2D eigenvalue weighted by atomic mass is 16.7. The second-order valence-corrected chi connectivity index (χ2v) is 7.88. The third-order valence-corrected chi connectivity index (χ3v) is 4.48. The van der Waals surface area contributed by atoms with Gasteiger partial charge in [0.2, 0.25) is 0 Å². The molecule has 0 aromatic heterocycles. The van der Waals surface area contributed by atoms with E-state index in [1.54, 1.807) is 13.8 Å². The average molecular weight is 388 g/mol. The molecule has 0 rings (SSSR count). The summed E-state index contributed by atoms with van der Waals surface area (Å²) < 4.78 is 10.0. The van der Waals surface area contributed by atoms with E-state index in [9.17, 15) is 19.5 Å². The van der Waals surface area contributed by atoms with Crippen LogP contribution in [0.4, 0.5) is 4.79 Å². The van der Waals surface area contributed by atoms with Crippen LogP contribution in [-0.4, -0.2) is 36.0 Å². The normalized spacial score (nSPS) is 14.5. The van der Waals surface area contributed by atoms with Gasteiger partial charge < -0.3 is 19.9 Å². The second-order valence-electron chi connectivity index (χ2n) is 7.88. The Morgan fingerprint density at radius 2 is 1.67 bits per heavy atom. The van der Waals surface area contributed by atoms with Gasteiger partial charge in [-0.05, 0) is 18.3 Å². The van der Waals surface area contributed by atoms with Crippen LogP contribution >= 0.6 is 0 Å². The molecule has 0 aromatic rings. The van der Waals surface area contributed by atoms with E-state index in [2.05, 4.69) is 26.1 Å². The molecule has 0 aromatic carbocycles. The van der Waals surface area contributed by atoms with Gasteiger partial charge in [-0.25, -0.2) is 4.79 Å². The molecule has 0 spiro atoms. The number of alkyl carbamates (subject to hydrolysis) is 1. The molecule has 0 bridgehead atoms. The van der Waals surface area contributed by atoms with E-state index in [0.29, 0.717) is 18.3 Å². The highest BCUT2D eigenvalue weighted by molar-refractivity contribution is 5.72. The van der Waals surface area contributed by atoms with E-state index in [0.717, 1.165) is 25.7 Å². The summed E-state index contributed by atoms with van der Waals surface area (Å²) >= 11 is 0. The third kappa shape index (κ3) is 12.3. The number of carboxylic acids is 1. The van der Waals surface area contributed by atoms with Crippen LogP contribution in [0.1, 0.15) is 73.6 Å². The number of nitrogens with one attached hydrogen (secondary N) is 1. The lowest BCUT2D eigenvalue weighted by atomic mass is 9.87. The minimum Gasteiger partial charge on any atom is -0.481 e. The first-order valence-corrected chi connectivity index (χ1v) is 9.91. The molecule has 0 heterocycles. The highest BCUT2D eigenvalue weighted by Crippen LogP contribution is 2.23. The van der Waals surface area contributed by atoms with Gasteiger partial charge in [0.25, 0.3) is 6.29 Å². The SMILES string of the molecule is CC[C@@H](CCCC(C)C)C[C@@H](CNC(=O)O[C@H](OC(C)=O)C(C)C)C(=O)O. The first-order valence-electron chi connectivity index (χ1n) is 9.91. The Balaban J connectivity index is 4.57. The van der Waals surface area contributed by atoms with Gasteiger partial charge >= 0.3 is 18.0 Å². The van der Waals surface area contributed by atoms with Crippen LogP contribution in [0.15, 0.2) is 0 Å². The molecule has 0 fully saturated rings. The van der Waals surface area contributed by atoms with Gasteiger partial charge in [0.15, 0.2) is 0 Å². The topological polar surface area (TPSA) is 102 Å². The Bertz CT molecular complexity index is 463. The molecule has 158 valence electrons. The quantitative estimate of drug-likeness (QED) is 0.363. The van der Waals surface area contributed by atoms with Gasteiger partial charge in [0.05, 0.1) is 5.92 Å². The average Bonchev–Trinajstić information content (AvgIpc) is 2.55. The maximum absolute atomic E-state index is 12.0. The minimum atomic E-state index is -0.995. The standard InChI is InChI=1S/C20H37NO6/c1-7-16(10-8-9-13(2)3)11-17(18(23)24)12-21-20(25)27-19(14(4)5)26-15(6)22/h13-14,16-17,19H,7-12H2,1-6H3,(H,21,25)(H,23,24)/t16-,17-,19-/m0/s1. The predicted octanol–water partition coefficient (Wildman–Crippen LogP) is 4.20. The molecule has 1 amide bonds. The molecule has 0 saturated heterocycles. The fourth-order valence-corrected chi connectivity index (χ4v) is 2.79. The van der Waals surface area contributed by atoms with Crippen molar-refractivity contribution in [2.45, 2.75) is 79.9 Å². The Morgan fingerprint density at radius 3 is 2.11 bits per heavy atom. The summed E-state index contributed by atoms with van der Waals surface area (Å²) in [5, 5.41) is 12.0. The summed E-state index contributed by atoms with van der Waals surface area (Å²) in [4.78, 5) is 34.6. The minimum absolute atomic E-state index is 0.0142. The molecule has 0 radical (unpaired) electrons. The number of hydrogen-bond acceptors (Lipinski definition) is 5. The zero-order valence-electron chi connectivity index (χ0n) is 17.6. The molecule has 0 aliphatic heterocycles. The van der Waals surface area contributed by atoms with Crippen LogP contribution in [0.2, 0.25) is 0 Å². The van der Waals surface area contributed by atoms with Gasteiger partial charge in [0.1, 0.15) is 0 Å². The summed E-state index contributed by atoms with van der Waals surface area (Å²) in [5.41, 5.74) is 0. The third-order valence-electron chi connectivity index (χ3n) is 4.48. The smallest absolute Gasteiger partial charge is 0.410 e. The van der Waals surface area contributed by atoms with Crippen molar-refractivity contribution in [2.75, 3.05) is 6.54 Å². The zero-order valence-corrected chi connectivity index (χ0v) is 17.6. The maximum Gasteiger partial charge on any atom is 0.410 e. The molecule has 27 heavy (non-hydrogen) atoms. The molecule has 7 nitrogen and oxygen atoms in total. The van der Waals surface area contributed by atoms with Crippen LogP contribution in [0.25, 0.3) is 0 Å². The van der Waals surface area contributed by atoms with Crippen molar-refractivity contribution in [1.82, 2.24) is 5.32 Å². The fraction of sp³-hybridized carbons (Fsp3) is 0.850. The van der Waals surface area contributed by atoms with Gasteiger partial charge in [-0.2, -0.15) is 0 Å². The number of carboxylic acid groups (broad SMARTS) is 1. The van der Waals surface area contributed by atoms with Crippen LogP contribution < -0.4 is 5.32 Å². The first kappa shape index (κ1) is 25.2. The lowest BCUT2D eigenvalue weighted by molar-refractivity contribution is -0.172. The summed E-state index contributed by atoms with van der Waals surface area (Å²) in [6, 6.07) is 0. The molecule has 7 heteroatoms. The lowest BCUT2D eigenvalue weighted by Gasteiger charge is -2.23. The van der Waals surface area contributed by atoms with E-state index in [1.165, 1.54) is 6.92 Å². The Hall–Kier alpha value is -1.79. The summed E-state index contributed by atoms with van der Waals surface area (Å²) in [6.07, 6.45) is 2.85. The predicted molar refractivity (Wildman–Crippen MR) is 103 cm³/mol. The van der Waals surface area contributed by atoms with E-state index >= 15 is 0 Å². The molecule has 2 N–H and O–H groups in total. The molecule has 0 unspecified atom stereocenters. The maximum atomic E-state index is 12.0. The number of carbonyl (C=O) groups is 3. The Kier molecular flexibility index (Phi) is 12.5. The molecule has 0 aliphatic carbocycles. The summed E-state index contributed by atoms with van der Waals surface area (Å²) in [6.45, 7) is 11.1. The van der Waals surface area contributed by atoms with Gasteiger partial charge in [-0.15, -0.1) is 0 Å². The summed E-state index contributed by atoms with van der Waals surface area (Å²) in [7, 11) is 0. The van der Waals surface area contributed by atoms with Crippen molar-refractivity contribution in [1.29, 1.82) is 0 Å². The number of esters is 1.